The van der Waals surface area contributed by atoms with Gasteiger partial charge in [0.25, 0.3) is 5.91 Å². The van der Waals surface area contributed by atoms with Crippen molar-refractivity contribution in [2.75, 3.05) is 5.32 Å². The molecular weight excluding hydrogens is 408 g/mol. The molecule has 27 heavy (non-hydrogen) atoms. The smallest absolute Gasteiger partial charge is 0.337 e. The van der Waals surface area contributed by atoms with Crippen molar-refractivity contribution in [3.8, 4) is 11.1 Å². The molecular formula is C21H15BrN2O3. The lowest BCUT2D eigenvalue weighted by atomic mass is 9.94. The molecule has 134 valence electrons. The summed E-state index contributed by atoms with van der Waals surface area (Å²) in [4.78, 5) is 26.8. The number of aromatic carboxylic acids is 1. The molecule has 0 fully saturated rings. The van der Waals surface area contributed by atoms with E-state index in [0.717, 1.165) is 26.9 Å². The quantitative estimate of drug-likeness (QED) is 0.522. The number of aromatic amines is 1. The molecule has 0 atom stereocenters. The van der Waals surface area contributed by atoms with E-state index < -0.39 is 5.97 Å². The summed E-state index contributed by atoms with van der Waals surface area (Å²) in [5.41, 5.74) is 5.39. The normalized spacial score (nSPS) is 14.3. The molecule has 6 heteroatoms. The molecule has 1 aliphatic rings. The summed E-state index contributed by atoms with van der Waals surface area (Å²) in [6.45, 7) is 1.72. The van der Waals surface area contributed by atoms with Crippen molar-refractivity contribution < 1.29 is 14.7 Å². The third kappa shape index (κ3) is 2.98. The van der Waals surface area contributed by atoms with E-state index >= 15 is 0 Å². The Morgan fingerprint density at radius 3 is 2.56 bits per heavy atom. The van der Waals surface area contributed by atoms with Gasteiger partial charge in [-0.3, -0.25) is 4.79 Å². The third-order valence-electron chi connectivity index (χ3n) is 4.68. The number of rotatable bonds is 3. The zero-order valence-corrected chi connectivity index (χ0v) is 15.9. The maximum Gasteiger partial charge on any atom is 0.337 e. The SMILES string of the molecule is Cc1c(C(=O)O)c[nH]c1C=C1C(=O)Nc2cccc(-c3ccc(Br)cc3)c21. The van der Waals surface area contributed by atoms with E-state index in [-0.39, 0.29) is 11.5 Å². The number of carboxylic acid groups (broad SMARTS) is 1. The molecule has 0 bridgehead atoms. The summed E-state index contributed by atoms with van der Waals surface area (Å²) in [6, 6.07) is 13.6. The lowest BCUT2D eigenvalue weighted by molar-refractivity contribution is -0.110. The lowest BCUT2D eigenvalue weighted by Gasteiger charge is -2.09. The van der Waals surface area contributed by atoms with Gasteiger partial charge < -0.3 is 15.4 Å². The molecule has 1 aliphatic heterocycles. The highest BCUT2D eigenvalue weighted by molar-refractivity contribution is 9.10. The van der Waals surface area contributed by atoms with Crippen LogP contribution in [0.5, 0.6) is 0 Å². The summed E-state index contributed by atoms with van der Waals surface area (Å²) >= 11 is 3.44. The van der Waals surface area contributed by atoms with Gasteiger partial charge in [-0.25, -0.2) is 4.79 Å². The Morgan fingerprint density at radius 1 is 1.15 bits per heavy atom. The van der Waals surface area contributed by atoms with E-state index in [1.165, 1.54) is 6.20 Å². The van der Waals surface area contributed by atoms with E-state index in [1.54, 1.807) is 13.0 Å². The first-order valence-electron chi connectivity index (χ1n) is 8.29. The number of halogens is 1. The highest BCUT2D eigenvalue weighted by atomic mass is 79.9. The zero-order valence-electron chi connectivity index (χ0n) is 14.3. The van der Waals surface area contributed by atoms with Gasteiger partial charge in [-0.15, -0.1) is 0 Å². The molecule has 1 aromatic heterocycles. The third-order valence-corrected chi connectivity index (χ3v) is 5.21. The molecule has 5 nitrogen and oxygen atoms in total. The first kappa shape index (κ1) is 17.3. The van der Waals surface area contributed by atoms with Crippen LogP contribution in [-0.2, 0) is 4.79 Å². The Bertz CT molecular complexity index is 1110. The first-order chi connectivity index (χ1) is 13.0. The Kier molecular flexibility index (Phi) is 4.20. The Labute approximate surface area is 163 Å². The van der Waals surface area contributed by atoms with Crippen molar-refractivity contribution in [3.05, 3.63) is 75.5 Å². The molecule has 3 N–H and O–H groups in total. The number of H-pyrrole nitrogens is 1. The van der Waals surface area contributed by atoms with E-state index in [1.807, 2.05) is 42.5 Å². The highest BCUT2D eigenvalue weighted by Gasteiger charge is 2.28. The van der Waals surface area contributed by atoms with Crippen molar-refractivity contribution in [2.45, 2.75) is 6.92 Å². The van der Waals surface area contributed by atoms with Crippen molar-refractivity contribution in [1.29, 1.82) is 0 Å². The fraction of sp³-hybridized carbons (Fsp3) is 0.0476. The number of aromatic nitrogens is 1. The Balaban J connectivity index is 1.88. The molecule has 0 saturated carbocycles. The standard InChI is InChI=1S/C21H15BrN2O3/c1-11-16(21(26)27)10-23-18(11)9-15-19-14(12-5-7-13(22)8-6-12)3-2-4-17(19)24-20(15)25/h2-10,23H,1H3,(H,24,25)(H,26,27). The summed E-state index contributed by atoms with van der Waals surface area (Å²) in [6.07, 6.45) is 3.16. The maximum atomic E-state index is 12.6. The minimum atomic E-state index is -1.000. The van der Waals surface area contributed by atoms with Gasteiger partial charge in [0, 0.05) is 27.6 Å². The van der Waals surface area contributed by atoms with E-state index in [9.17, 15) is 14.7 Å². The van der Waals surface area contributed by atoms with Crippen molar-refractivity contribution in [3.63, 3.8) is 0 Å². The summed E-state index contributed by atoms with van der Waals surface area (Å²) in [5, 5.41) is 12.1. The number of benzene rings is 2. The lowest BCUT2D eigenvalue weighted by Crippen LogP contribution is -2.03. The highest BCUT2D eigenvalue weighted by Crippen LogP contribution is 2.40. The van der Waals surface area contributed by atoms with Crippen LogP contribution < -0.4 is 5.32 Å². The van der Waals surface area contributed by atoms with Gasteiger partial charge in [-0.05, 0) is 47.9 Å². The van der Waals surface area contributed by atoms with Crippen LogP contribution in [0.25, 0.3) is 22.8 Å². The van der Waals surface area contributed by atoms with Gasteiger partial charge in [-0.2, -0.15) is 0 Å². The van der Waals surface area contributed by atoms with Crippen molar-refractivity contribution in [1.82, 2.24) is 4.98 Å². The van der Waals surface area contributed by atoms with Gasteiger partial charge in [0.05, 0.1) is 11.1 Å². The van der Waals surface area contributed by atoms with Crippen LogP contribution in [0.15, 0.2) is 53.1 Å². The maximum absolute atomic E-state index is 12.6. The molecule has 0 aliphatic carbocycles. The fourth-order valence-electron chi connectivity index (χ4n) is 3.29. The number of fused-ring (bicyclic) bond motifs is 1. The van der Waals surface area contributed by atoms with E-state index in [2.05, 4.69) is 26.2 Å². The molecule has 0 unspecified atom stereocenters. The number of carboxylic acids is 1. The van der Waals surface area contributed by atoms with Crippen LogP contribution in [-0.4, -0.2) is 22.0 Å². The number of amides is 1. The van der Waals surface area contributed by atoms with Gasteiger partial charge in [0.15, 0.2) is 0 Å². The number of anilines is 1. The molecule has 2 heterocycles. The molecule has 0 saturated heterocycles. The molecule has 0 radical (unpaired) electrons. The van der Waals surface area contributed by atoms with Crippen LogP contribution in [0, 0.1) is 6.92 Å². The number of carbonyl (C=O) groups is 2. The van der Waals surface area contributed by atoms with Gasteiger partial charge in [0.1, 0.15) is 0 Å². The number of nitrogens with one attached hydrogen (secondary N) is 2. The summed E-state index contributed by atoms with van der Waals surface area (Å²) in [5.74, 6) is -1.21. The molecule has 2 aromatic carbocycles. The average Bonchev–Trinajstić information content (AvgIpc) is 3.16. The van der Waals surface area contributed by atoms with Gasteiger partial charge >= 0.3 is 5.97 Å². The van der Waals surface area contributed by atoms with Crippen LogP contribution in [0.1, 0.15) is 27.2 Å². The molecule has 1 amide bonds. The number of carbonyl (C=O) groups excluding carboxylic acids is 1. The second-order valence-corrected chi connectivity index (χ2v) is 7.21. The van der Waals surface area contributed by atoms with E-state index in [4.69, 9.17) is 0 Å². The summed E-state index contributed by atoms with van der Waals surface area (Å²) < 4.78 is 0.979. The van der Waals surface area contributed by atoms with Crippen molar-refractivity contribution >= 4 is 45.1 Å². The molecule has 4 rings (SSSR count). The second-order valence-electron chi connectivity index (χ2n) is 6.29. The van der Waals surface area contributed by atoms with Gasteiger partial charge in [-0.1, -0.05) is 40.2 Å². The van der Waals surface area contributed by atoms with Crippen LogP contribution in [0.3, 0.4) is 0 Å². The summed E-state index contributed by atoms with van der Waals surface area (Å²) in [7, 11) is 0. The molecule has 0 spiro atoms. The van der Waals surface area contributed by atoms with Crippen LogP contribution in [0.2, 0.25) is 0 Å². The predicted octanol–water partition coefficient (Wildman–Crippen LogP) is 4.94. The number of hydrogen-bond donors (Lipinski definition) is 3. The van der Waals surface area contributed by atoms with Gasteiger partial charge in [0.2, 0.25) is 0 Å². The Morgan fingerprint density at radius 2 is 1.89 bits per heavy atom. The molecule has 3 aromatic rings. The zero-order chi connectivity index (χ0) is 19.1. The fourth-order valence-corrected chi connectivity index (χ4v) is 3.55. The average molecular weight is 423 g/mol. The Hall–Kier alpha value is -3.12. The minimum Gasteiger partial charge on any atom is -0.478 e. The first-order valence-corrected chi connectivity index (χ1v) is 9.08. The number of hydrogen-bond acceptors (Lipinski definition) is 2. The topological polar surface area (TPSA) is 82.2 Å². The second kappa shape index (κ2) is 6.55. The minimum absolute atomic E-state index is 0.196. The monoisotopic (exact) mass is 422 g/mol. The van der Waals surface area contributed by atoms with Crippen LogP contribution >= 0.6 is 15.9 Å². The van der Waals surface area contributed by atoms with Crippen LogP contribution in [0.4, 0.5) is 5.69 Å². The van der Waals surface area contributed by atoms with Crippen molar-refractivity contribution in [2.24, 2.45) is 0 Å². The van der Waals surface area contributed by atoms with E-state index in [0.29, 0.717) is 16.8 Å². The largest absolute Gasteiger partial charge is 0.478 e. The predicted molar refractivity (Wildman–Crippen MR) is 109 cm³/mol.